The van der Waals surface area contributed by atoms with Crippen molar-refractivity contribution in [3.05, 3.63) is 53.5 Å². The number of halogens is 1. The number of pyridine rings is 1. The number of aromatic amines is 1. The van der Waals surface area contributed by atoms with Gasteiger partial charge in [0, 0.05) is 11.8 Å². The number of tetrazole rings is 1. The monoisotopic (exact) mass is 298 g/mol. The summed E-state index contributed by atoms with van der Waals surface area (Å²) < 4.78 is 14.1. The molecule has 0 aliphatic carbocycles. The number of amides is 1. The van der Waals surface area contributed by atoms with Crippen molar-refractivity contribution >= 4 is 11.7 Å². The standard InChI is InChI=1S/C14H11FN6O/c1-8-5-6-11(16-7-8)17-14(22)12-9(3-2-4-10(12)15)13-18-20-21-19-13/h2-7H,1H3,(H,16,17,22)(H,18,19,20,21). The van der Waals surface area contributed by atoms with Crippen molar-refractivity contribution in [1.82, 2.24) is 25.6 Å². The molecule has 0 saturated heterocycles. The van der Waals surface area contributed by atoms with E-state index in [9.17, 15) is 9.18 Å². The van der Waals surface area contributed by atoms with Crippen LogP contribution >= 0.6 is 0 Å². The van der Waals surface area contributed by atoms with Crippen LogP contribution in [0, 0.1) is 12.7 Å². The summed E-state index contributed by atoms with van der Waals surface area (Å²) in [4.78, 5) is 16.4. The SMILES string of the molecule is Cc1ccc(NC(=O)c2c(F)cccc2-c2nn[nH]n2)nc1. The second-order valence-corrected chi connectivity index (χ2v) is 4.57. The highest BCUT2D eigenvalue weighted by Gasteiger charge is 2.20. The van der Waals surface area contributed by atoms with Crippen LogP contribution in [0.5, 0.6) is 0 Å². The molecule has 0 aliphatic rings. The van der Waals surface area contributed by atoms with Gasteiger partial charge >= 0.3 is 0 Å². The van der Waals surface area contributed by atoms with Crippen LogP contribution in [-0.4, -0.2) is 31.5 Å². The number of hydrogen-bond donors (Lipinski definition) is 2. The number of rotatable bonds is 3. The van der Waals surface area contributed by atoms with Gasteiger partial charge in [0.15, 0.2) is 0 Å². The molecule has 0 radical (unpaired) electrons. The fourth-order valence-corrected chi connectivity index (χ4v) is 1.94. The van der Waals surface area contributed by atoms with Crippen molar-refractivity contribution in [2.24, 2.45) is 0 Å². The van der Waals surface area contributed by atoms with Gasteiger partial charge in [0.05, 0.1) is 5.56 Å². The maximum absolute atomic E-state index is 14.1. The Bertz CT molecular complexity index is 801. The summed E-state index contributed by atoms with van der Waals surface area (Å²) >= 11 is 0. The largest absolute Gasteiger partial charge is 0.306 e. The molecule has 2 heterocycles. The summed E-state index contributed by atoms with van der Waals surface area (Å²) in [7, 11) is 0. The van der Waals surface area contributed by atoms with Gasteiger partial charge in [0.2, 0.25) is 5.82 Å². The van der Waals surface area contributed by atoms with Crippen molar-refractivity contribution in [3.8, 4) is 11.4 Å². The van der Waals surface area contributed by atoms with Crippen LogP contribution in [0.1, 0.15) is 15.9 Å². The van der Waals surface area contributed by atoms with E-state index in [-0.39, 0.29) is 17.0 Å². The molecule has 3 aromatic rings. The van der Waals surface area contributed by atoms with Gasteiger partial charge in [-0.3, -0.25) is 4.79 Å². The molecule has 0 saturated carbocycles. The summed E-state index contributed by atoms with van der Waals surface area (Å²) in [5.41, 5.74) is 1.04. The van der Waals surface area contributed by atoms with E-state index in [1.54, 1.807) is 24.4 Å². The lowest BCUT2D eigenvalue weighted by molar-refractivity contribution is 0.102. The van der Waals surface area contributed by atoms with E-state index in [1.165, 1.54) is 12.1 Å². The smallest absolute Gasteiger partial charge is 0.260 e. The first-order valence-corrected chi connectivity index (χ1v) is 6.41. The first-order valence-electron chi connectivity index (χ1n) is 6.41. The molecule has 110 valence electrons. The van der Waals surface area contributed by atoms with Crippen LogP contribution in [0.4, 0.5) is 10.2 Å². The number of nitrogens with one attached hydrogen (secondary N) is 2. The number of carbonyl (C=O) groups excluding carboxylic acids is 1. The molecular weight excluding hydrogens is 287 g/mol. The molecule has 0 fully saturated rings. The molecule has 0 aliphatic heterocycles. The molecule has 1 amide bonds. The minimum Gasteiger partial charge on any atom is -0.306 e. The summed E-state index contributed by atoms with van der Waals surface area (Å²) in [5, 5.41) is 15.8. The van der Waals surface area contributed by atoms with Crippen molar-refractivity contribution in [3.63, 3.8) is 0 Å². The molecule has 2 aromatic heterocycles. The van der Waals surface area contributed by atoms with Crippen molar-refractivity contribution in [2.75, 3.05) is 5.32 Å². The molecule has 22 heavy (non-hydrogen) atoms. The zero-order valence-electron chi connectivity index (χ0n) is 11.5. The number of carbonyl (C=O) groups is 1. The third-order valence-corrected chi connectivity index (χ3v) is 2.98. The second kappa shape index (κ2) is 5.68. The minimum atomic E-state index is -0.674. The van der Waals surface area contributed by atoms with Gasteiger partial charge in [-0.1, -0.05) is 18.2 Å². The molecule has 7 nitrogen and oxygen atoms in total. The first-order chi connectivity index (χ1) is 10.6. The number of aromatic nitrogens is 5. The van der Waals surface area contributed by atoms with Gasteiger partial charge in [-0.15, -0.1) is 10.2 Å². The zero-order valence-corrected chi connectivity index (χ0v) is 11.5. The minimum absolute atomic E-state index is 0.140. The highest BCUT2D eigenvalue weighted by Crippen LogP contribution is 2.23. The van der Waals surface area contributed by atoms with Crippen LogP contribution in [-0.2, 0) is 0 Å². The summed E-state index contributed by atoms with van der Waals surface area (Å²) in [5.74, 6) is -0.833. The molecule has 8 heteroatoms. The highest BCUT2D eigenvalue weighted by molar-refractivity contribution is 6.08. The average molecular weight is 298 g/mol. The third kappa shape index (κ3) is 2.66. The Morgan fingerprint density at radius 2 is 2.14 bits per heavy atom. The van der Waals surface area contributed by atoms with E-state index in [0.717, 1.165) is 5.56 Å². The number of nitrogens with zero attached hydrogens (tertiary/aromatic N) is 4. The zero-order chi connectivity index (χ0) is 15.5. The number of H-pyrrole nitrogens is 1. The van der Waals surface area contributed by atoms with E-state index in [4.69, 9.17) is 0 Å². The Morgan fingerprint density at radius 1 is 1.27 bits per heavy atom. The second-order valence-electron chi connectivity index (χ2n) is 4.57. The van der Waals surface area contributed by atoms with E-state index in [2.05, 4.69) is 30.9 Å². The lowest BCUT2D eigenvalue weighted by atomic mass is 10.1. The van der Waals surface area contributed by atoms with Gasteiger partial charge in [-0.25, -0.2) is 9.37 Å². The van der Waals surface area contributed by atoms with Gasteiger partial charge in [0.1, 0.15) is 11.6 Å². The molecule has 0 spiro atoms. The van der Waals surface area contributed by atoms with Crippen molar-refractivity contribution in [1.29, 1.82) is 0 Å². The molecule has 2 N–H and O–H groups in total. The predicted octanol–water partition coefficient (Wildman–Crippen LogP) is 1.96. The van der Waals surface area contributed by atoms with Crippen molar-refractivity contribution < 1.29 is 9.18 Å². The van der Waals surface area contributed by atoms with E-state index in [1.807, 2.05) is 6.92 Å². The Morgan fingerprint density at radius 3 is 2.82 bits per heavy atom. The van der Waals surface area contributed by atoms with E-state index in [0.29, 0.717) is 5.82 Å². The topological polar surface area (TPSA) is 96.5 Å². The Kier molecular flexibility index (Phi) is 3.57. The third-order valence-electron chi connectivity index (χ3n) is 2.98. The summed E-state index contributed by atoms with van der Waals surface area (Å²) in [6.07, 6.45) is 1.61. The van der Waals surface area contributed by atoms with Crippen LogP contribution in [0.2, 0.25) is 0 Å². The fraction of sp³-hybridized carbons (Fsp3) is 0.0714. The maximum Gasteiger partial charge on any atom is 0.260 e. The van der Waals surface area contributed by atoms with Crippen LogP contribution in [0.25, 0.3) is 11.4 Å². The van der Waals surface area contributed by atoms with Crippen molar-refractivity contribution in [2.45, 2.75) is 6.92 Å². The molecule has 0 atom stereocenters. The average Bonchev–Trinajstić information content (AvgIpc) is 3.03. The van der Waals surface area contributed by atoms with Gasteiger partial charge < -0.3 is 5.32 Å². The Balaban J connectivity index is 1.97. The summed E-state index contributed by atoms with van der Waals surface area (Å²) in [6, 6.07) is 7.65. The number of hydrogen-bond acceptors (Lipinski definition) is 5. The van der Waals surface area contributed by atoms with Gasteiger partial charge in [-0.05, 0) is 29.8 Å². The molecular formula is C14H11FN6O. The number of benzene rings is 1. The number of aryl methyl sites for hydroxylation is 1. The van der Waals surface area contributed by atoms with Crippen LogP contribution in [0.3, 0.4) is 0 Å². The van der Waals surface area contributed by atoms with Gasteiger partial charge in [-0.2, -0.15) is 5.21 Å². The predicted molar refractivity (Wildman–Crippen MR) is 76.5 cm³/mol. The fourth-order valence-electron chi connectivity index (χ4n) is 1.94. The lowest BCUT2D eigenvalue weighted by Gasteiger charge is -2.08. The van der Waals surface area contributed by atoms with Gasteiger partial charge in [0.25, 0.3) is 5.91 Å². The first kappa shape index (κ1) is 13.8. The molecule has 1 aromatic carbocycles. The van der Waals surface area contributed by atoms with Crippen LogP contribution < -0.4 is 5.32 Å². The normalized spacial score (nSPS) is 10.5. The molecule has 0 unspecified atom stereocenters. The molecule has 0 bridgehead atoms. The Hall–Kier alpha value is -3.16. The molecule has 3 rings (SSSR count). The quantitative estimate of drug-likeness (QED) is 0.770. The summed E-state index contributed by atoms with van der Waals surface area (Å²) in [6.45, 7) is 1.88. The van der Waals surface area contributed by atoms with Crippen LogP contribution in [0.15, 0.2) is 36.5 Å². The number of anilines is 1. The van der Waals surface area contributed by atoms with E-state index < -0.39 is 11.7 Å². The highest BCUT2D eigenvalue weighted by atomic mass is 19.1. The lowest BCUT2D eigenvalue weighted by Crippen LogP contribution is -2.16. The van der Waals surface area contributed by atoms with E-state index >= 15 is 0 Å². The maximum atomic E-state index is 14.1. The Labute approximate surface area is 124 Å².